The highest BCUT2D eigenvalue weighted by molar-refractivity contribution is 8.18. The fourth-order valence-electron chi connectivity index (χ4n) is 3.50. The van der Waals surface area contributed by atoms with Gasteiger partial charge in [0.1, 0.15) is 6.54 Å². The van der Waals surface area contributed by atoms with E-state index >= 15 is 0 Å². The summed E-state index contributed by atoms with van der Waals surface area (Å²) in [5.74, 6) is -0.936. The zero-order valence-electron chi connectivity index (χ0n) is 16.8. The standard InChI is InChI=1S/C23H20ClN3O3S/c1-2-10-26-13-15(18-8-3-4-9-19(18)26)11-20-22(29)27(23(30)31-20)14-21(28)25-17-7-5-6-16(24)12-17/h3-9,11-13H,2,10,14H2,1H3,(H,25,28)/b20-11-. The van der Waals surface area contributed by atoms with E-state index in [0.29, 0.717) is 15.6 Å². The first-order valence-corrected chi connectivity index (χ1v) is 11.0. The number of halogens is 1. The molecule has 8 heteroatoms. The van der Waals surface area contributed by atoms with E-state index in [4.69, 9.17) is 11.6 Å². The Bertz CT molecular complexity index is 1220. The molecule has 0 unspecified atom stereocenters. The minimum Gasteiger partial charge on any atom is -0.347 e. The first kappa shape index (κ1) is 21.2. The fourth-order valence-corrected chi connectivity index (χ4v) is 4.52. The SMILES string of the molecule is CCCn1cc(/C=C2\SC(=O)N(CC(=O)Nc3cccc(Cl)c3)C2=O)c2ccccc21. The summed E-state index contributed by atoms with van der Waals surface area (Å²) in [4.78, 5) is 38.9. The van der Waals surface area contributed by atoms with Crippen molar-refractivity contribution < 1.29 is 14.4 Å². The second-order valence-corrected chi connectivity index (χ2v) is 8.55. The van der Waals surface area contributed by atoms with Gasteiger partial charge in [-0.25, -0.2) is 0 Å². The van der Waals surface area contributed by atoms with Crippen LogP contribution in [0, 0.1) is 0 Å². The van der Waals surface area contributed by atoms with Gasteiger partial charge in [0.2, 0.25) is 5.91 Å². The van der Waals surface area contributed by atoms with Gasteiger partial charge in [-0.3, -0.25) is 19.3 Å². The number of hydrogen-bond donors (Lipinski definition) is 1. The maximum Gasteiger partial charge on any atom is 0.294 e. The molecule has 1 N–H and O–H groups in total. The molecular formula is C23H20ClN3O3S. The number of anilines is 1. The quantitative estimate of drug-likeness (QED) is 0.508. The minimum absolute atomic E-state index is 0.306. The van der Waals surface area contributed by atoms with E-state index < -0.39 is 17.1 Å². The van der Waals surface area contributed by atoms with Gasteiger partial charge in [-0.15, -0.1) is 0 Å². The van der Waals surface area contributed by atoms with Crippen LogP contribution in [0.4, 0.5) is 10.5 Å². The van der Waals surface area contributed by atoms with Crippen molar-refractivity contribution >= 4 is 63.1 Å². The number of rotatable bonds is 6. The number of thioether (sulfide) groups is 1. The third-order valence-electron chi connectivity index (χ3n) is 4.85. The summed E-state index contributed by atoms with van der Waals surface area (Å²) < 4.78 is 2.14. The van der Waals surface area contributed by atoms with E-state index in [1.165, 1.54) is 0 Å². The van der Waals surface area contributed by atoms with E-state index in [0.717, 1.165) is 46.1 Å². The van der Waals surface area contributed by atoms with Crippen LogP contribution in [0.3, 0.4) is 0 Å². The van der Waals surface area contributed by atoms with Crippen LogP contribution < -0.4 is 5.32 Å². The lowest BCUT2D eigenvalue weighted by molar-refractivity contribution is -0.127. The van der Waals surface area contributed by atoms with Gasteiger partial charge < -0.3 is 9.88 Å². The molecule has 4 rings (SSSR count). The fraction of sp³-hybridized carbons (Fsp3) is 0.174. The summed E-state index contributed by atoms with van der Waals surface area (Å²) in [6, 6.07) is 14.6. The Morgan fingerprint density at radius 2 is 1.97 bits per heavy atom. The molecular weight excluding hydrogens is 434 g/mol. The van der Waals surface area contributed by atoms with Crippen LogP contribution in [0.15, 0.2) is 59.6 Å². The number of carbonyl (C=O) groups is 3. The van der Waals surface area contributed by atoms with Crippen LogP contribution in [-0.4, -0.2) is 33.1 Å². The third-order valence-corrected chi connectivity index (χ3v) is 6.00. The number of nitrogens with zero attached hydrogens (tertiary/aromatic N) is 2. The monoisotopic (exact) mass is 453 g/mol. The second kappa shape index (κ2) is 8.99. The average molecular weight is 454 g/mol. The highest BCUT2D eigenvalue weighted by atomic mass is 35.5. The number of aryl methyl sites for hydroxylation is 1. The van der Waals surface area contributed by atoms with Gasteiger partial charge in [0.05, 0.1) is 4.91 Å². The average Bonchev–Trinajstić information content (AvgIpc) is 3.21. The van der Waals surface area contributed by atoms with Crippen LogP contribution in [0.2, 0.25) is 5.02 Å². The molecule has 0 saturated carbocycles. The Morgan fingerprint density at radius 1 is 1.16 bits per heavy atom. The highest BCUT2D eigenvalue weighted by Crippen LogP contribution is 2.34. The van der Waals surface area contributed by atoms with E-state index in [-0.39, 0.29) is 6.54 Å². The molecule has 3 amide bonds. The zero-order chi connectivity index (χ0) is 22.0. The van der Waals surface area contributed by atoms with E-state index in [2.05, 4.69) is 16.8 Å². The number of amides is 3. The Kier molecular flexibility index (Phi) is 6.15. The van der Waals surface area contributed by atoms with Gasteiger partial charge in [-0.2, -0.15) is 0 Å². The molecule has 31 heavy (non-hydrogen) atoms. The minimum atomic E-state index is -0.469. The molecule has 0 atom stereocenters. The van der Waals surface area contributed by atoms with Crippen LogP contribution in [0.25, 0.3) is 17.0 Å². The summed E-state index contributed by atoms with van der Waals surface area (Å²) in [5.41, 5.74) is 2.46. The van der Waals surface area contributed by atoms with Crippen molar-refractivity contribution in [2.24, 2.45) is 0 Å². The smallest absolute Gasteiger partial charge is 0.294 e. The molecule has 3 aromatic rings. The lowest BCUT2D eigenvalue weighted by Gasteiger charge is -2.12. The van der Waals surface area contributed by atoms with Gasteiger partial charge in [0.25, 0.3) is 11.1 Å². The normalized spacial score (nSPS) is 15.3. The molecule has 1 aromatic heterocycles. The zero-order valence-corrected chi connectivity index (χ0v) is 18.4. The molecule has 0 spiro atoms. The van der Waals surface area contributed by atoms with Crippen molar-refractivity contribution in [3.63, 3.8) is 0 Å². The Balaban J connectivity index is 1.54. The predicted octanol–water partition coefficient (Wildman–Crippen LogP) is 5.38. The molecule has 1 fully saturated rings. The van der Waals surface area contributed by atoms with E-state index in [1.54, 1.807) is 30.3 Å². The summed E-state index contributed by atoms with van der Waals surface area (Å²) in [7, 11) is 0. The number of aromatic nitrogens is 1. The molecule has 0 aliphatic carbocycles. The number of nitrogens with one attached hydrogen (secondary N) is 1. The number of hydrogen-bond acceptors (Lipinski definition) is 4. The van der Waals surface area contributed by atoms with Crippen molar-refractivity contribution in [2.75, 3.05) is 11.9 Å². The number of carbonyl (C=O) groups excluding carboxylic acids is 3. The molecule has 1 aliphatic heterocycles. The Morgan fingerprint density at radius 3 is 2.74 bits per heavy atom. The number of imide groups is 1. The van der Waals surface area contributed by atoms with Crippen LogP contribution in [0.1, 0.15) is 18.9 Å². The third kappa shape index (κ3) is 4.52. The molecule has 6 nitrogen and oxygen atoms in total. The molecule has 0 bridgehead atoms. The highest BCUT2D eigenvalue weighted by Gasteiger charge is 2.36. The Labute approximate surface area is 188 Å². The van der Waals surface area contributed by atoms with Crippen molar-refractivity contribution in [1.82, 2.24) is 9.47 Å². The first-order chi connectivity index (χ1) is 15.0. The van der Waals surface area contributed by atoms with Crippen molar-refractivity contribution in [3.05, 3.63) is 70.2 Å². The van der Waals surface area contributed by atoms with Gasteiger partial charge in [0, 0.05) is 39.9 Å². The van der Waals surface area contributed by atoms with Crippen LogP contribution in [0.5, 0.6) is 0 Å². The van der Waals surface area contributed by atoms with E-state index in [9.17, 15) is 14.4 Å². The van der Waals surface area contributed by atoms with Gasteiger partial charge >= 0.3 is 0 Å². The van der Waals surface area contributed by atoms with Crippen molar-refractivity contribution in [1.29, 1.82) is 0 Å². The van der Waals surface area contributed by atoms with Crippen molar-refractivity contribution in [2.45, 2.75) is 19.9 Å². The Hall–Kier alpha value is -3.03. The number of benzene rings is 2. The summed E-state index contributed by atoms with van der Waals surface area (Å²) >= 11 is 6.77. The summed E-state index contributed by atoms with van der Waals surface area (Å²) in [6.07, 6.45) is 4.71. The lowest BCUT2D eigenvalue weighted by atomic mass is 10.1. The topological polar surface area (TPSA) is 71.4 Å². The maximum atomic E-state index is 12.8. The molecule has 1 aliphatic rings. The molecule has 2 aromatic carbocycles. The molecule has 2 heterocycles. The van der Waals surface area contributed by atoms with Crippen LogP contribution in [-0.2, 0) is 16.1 Å². The maximum absolute atomic E-state index is 12.8. The van der Waals surface area contributed by atoms with Crippen molar-refractivity contribution in [3.8, 4) is 0 Å². The molecule has 158 valence electrons. The predicted molar refractivity (Wildman–Crippen MR) is 125 cm³/mol. The van der Waals surface area contributed by atoms with Crippen LogP contribution >= 0.6 is 23.4 Å². The van der Waals surface area contributed by atoms with E-state index in [1.807, 2.05) is 30.5 Å². The van der Waals surface area contributed by atoms with Gasteiger partial charge in [0.15, 0.2) is 0 Å². The molecule has 1 saturated heterocycles. The lowest BCUT2D eigenvalue weighted by Crippen LogP contribution is -2.36. The summed E-state index contributed by atoms with van der Waals surface area (Å²) in [5, 5.41) is 3.69. The molecule has 0 radical (unpaired) electrons. The van der Waals surface area contributed by atoms with Gasteiger partial charge in [-0.1, -0.05) is 42.8 Å². The second-order valence-electron chi connectivity index (χ2n) is 7.12. The first-order valence-electron chi connectivity index (χ1n) is 9.85. The summed E-state index contributed by atoms with van der Waals surface area (Å²) in [6.45, 7) is 2.61. The number of fused-ring (bicyclic) bond motifs is 1. The largest absolute Gasteiger partial charge is 0.347 e. The van der Waals surface area contributed by atoms with Gasteiger partial charge in [-0.05, 0) is 48.5 Å². The number of para-hydroxylation sites is 1.